The number of amides is 1. The summed E-state index contributed by atoms with van der Waals surface area (Å²) in [5.74, 6) is -2.98. The summed E-state index contributed by atoms with van der Waals surface area (Å²) in [5, 5.41) is 0. The molecule has 1 aliphatic rings. The Labute approximate surface area is 92.1 Å². The van der Waals surface area contributed by atoms with Gasteiger partial charge in [-0.2, -0.15) is 0 Å². The molecule has 0 saturated carbocycles. The van der Waals surface area contributed by atoms with Crippen LogP contribution in [0.1, 0.15) is 12.0 Å². The van der Waals surface area contributed by atoms with Gasteiger partial charge < -0.3 is 4.90 Å². The Morgan fingerprint density at radius 3 is 2.94 bits per heavy atom. The van der Waals surface area contributed by atoms with Crippen molar-refractivity contribution in [2.75, 3.05) is 13.1 Å². The van der Waals surface area contributed by atoms with E-state index in [9.17, 15) is 13.6 Å². The van der Waals surface area contributed by atoms with Crippen molar-refractivity contribution in [3.63, 3.8) is 0 Å². The zero-order valence-electron chi connectivity index (χ0n) is 8.70. The Kier molecular flexibility index (Phi) is 2.85. The third-order valence-corrected chi connectivity index (χ3v) is 2.60. The first-order valence-corrected chi connectivity index (χ1v) is 5.11. The molecule has 0 unspecified atom stereocenters. The zero-order chi connectivity index (χ0) is 11.6. The highest BCUT2D eigenvalue weighted by Crippen LogP contribution is 2.27. The van der Waals surface area contributed by atoms with Crippen molar-refractivity contribution in [2.24, 2.45) is 0 Å². The van der Waals surface area contributed by atoms with Gasteiger partial charge in [-0.25, -0.2) is 8.78 Å². The minimum atomic E-state index is -2.72. The van der Waals surface area contributed by atoms with E-state index in [1.165, 1.54) is 4.90 Å². The Balaban J connectivity index is 1.95. The SMILES string of the molecule is O=C(Cc1cccnc1)N1CCC(F)(F)C1. The number of carbonyl (C=O) groups is 1. The molecule has 5 heteroatoms. The molecule has 1 aliphatic heterocycles. The molecule has 2 heterocycles. The summed E-state index contributed by atoms with van der Waals surface area (Å²) in [6.07, 6.45) is 3.10. The predicted octanol–water partition coefficient (Wildman–Crippen LogP) is 1.49. The molecule has 3 nitrogen and oxygen atoms in total. The third-order valence-electron chi connectivity index (χ3n) is 2.60. The fourth-order valence-corrected chi connectivity index (χ4v) is 1.74. The average Bonchev–Trinajstić information content (AvgIpc) is 2.60. The fraction of sp³-hybridized carbons (Fsp3) is 0.455. The molecule has 16 heavy (non-hydrogen) atoms. The maximum absolute atomic E-state index is 12.9. The number of hydrogen-bond donors (Lipinski definition) is 0. The van der Waals surface area contributed by atoms with Crippen LogP contribution in [-0.4, -0.2) is 34.8 Å². The Morgan fingerprint density at radius 1 is 1.56 bits per heavy atom. The topological polar surface area (TPSA) is 33.2 Å². The van der Waals surface area contributed by atoms with Crippen LogP contribution in [0.2, 0.25) is 0 Å². The quantitative estimate of drug-likeness (QED) is 0.765. The van der Waals surface area contributed by atoms with Crippen LogP contribution < -0.4 is 0 Å². The number of likely N-dealkylation sites (tertiary alicyclic amines) is 1. The van der Waals surface area contributed by atoms with Crippen LogP contribution >= 0.6 is 0 Å². The lowest BCUT2D eigenvalue weighted by atomic mass is 10.2. The fourth-order valence-electron chi connectivity index (χ4n) is 1.74. The first-order valence-electron chi connectivity index (χ1n) is 5.11. The van der Waals surface area contributed by atoms with E-state index in [1.54, 1.807) is 24.5 Å². The van der Waals surface area contributed by atoms with Gasteiger partial charge in [-0.1, -0.05) is 6.07 Å². The summed E-state index contributed by atoms with van der Waals surface area (Å²) >= 11 is 0. The summed E-state index contributed by atoms with van der Waals surface area (Å²) in [7, 11) is 0. The minimum Gasteiger partial charge on any atom is -0.336 e. The lowest BCUT2D eigenvalue weighted by molar-refractivity contribution is -0.130. The molecule has 0 aromatic carbocycles. The van der Waals surface area contributed by atoms with Gasteiger partial charge in [0, 0.05) is 25.4 Å². The minimum absolute atomic E-state index is 0.143. The molecule has 86 valence electrons. The van der Waals surface area contributed by atoms with E-state index in [0.29, 0.717) is 0 Å². The van der Waals surface area contributed by atoms with E-state index >= 15 is 0 Å². The second-order valence-electron chi connectivity index (χ2n) is 3.96. The van der Waals surface area contributed by atoms with Gasteiger partial charge in [0.05, 0.1) is 13.0 Å². The molecular weight excluding hydrogens is 214 g/mol. The number of hydrogen-bond acceptors (Lipinski definition) is 2. The molecule has 1 aromatic rings. The Bertz CT molecular complexity index is 381. The molecule has 0 aliphatic carbocycles. The van der Waals surface area contributed by atoms with Gasteiger partial charge in [0.15, 0.2) is 0 Å². The highest BCUT2D eigenvalue weighted by atomic mass is 19.3. The molecule has 1 aromatic heterocycles. The normalized spacial score (nSPS) is 18.8. The molecule has 1 amide bonds. The lowest BCUT2D eigenvalue weighted by Crippen LogP contribution is -2.32. The van der Waals surface area contributed by atoms with Crippen LogP contribution in [0.5, 0.6) is 0 Å². The molecule has 1 fully saturated rings. The van der Waals surface area contributed by atoms with Gasteiger partial charge in [0.25, 0.3) is 5.92 Å². The zero-order valence-corrected chi connectivity index (χ0v) is 8.70. The van der Waals surface area contributed by atoms with Crippen molar-refractivity contribution in [1.82, 2.24) is 9.88 Å². The van der Waals surface area contributed by atoms with Gasteiger partial charge in [0.2, 0.25) is 5.91 Å². The van der Waals surface area contributed by atoms with Crippen molar-refractivity contribution in [2.45, 2.75) is 18.8 Å². The van der Waals surface area contributed by atoms with Crippen molar-refractivity contribution >= 4 is 5.91 Å². The molecule has 0 bridgehead atoms. The van der Waals surface area contributed by atoms with Crippen molar-refractivity contribution < 1.29 is 13.6 Å². The monoisotopic (exact) mass is 226 g/mol. The Hall–Kier alpha value is -1.52. The summed E-state index contributed by atoms with van der Waals surface area (Å²) in [4.78, 5) is 16.8. The number of nitrogens with zero attached hydrogens (tertiary/aromatic N) is 2. The third kappa shape index (κ3) is 2.53. The number of rotatable bonds is 2. The van der Waals surface area contributed by atoms with Crippen LogP contribution in [0.4, 0.5) is 8.78 Å². The van der Waals surface area contributed by atoms with Gasteiger partial charge in [-0.05, 0) is 11.6 Å². The maximum atomic E-state index is 12.9. The van der Waals surface area contributed by atoms with Gasteiger partial charge >= 0.3 is 0 Å². The summed E-state index contributed by atoms with van der Waals surface area (Å²) in [6.45, 7) is -0.307. The van der Waals surface area contributed by atoms with Crippen LogP contribution in [-0.2, 0) is 11.2 Å². The maximum Gasteiger partial charge on any atom is 0.267 e. The van der Waals surface area contributed by atoms with Gasteiger partial charge in [-0.3, -0.25) is 9.78 Å². The van der Waals surface area contributed by atoms with E-state index in [1.807, 2.05) is 0 Å². The number of pyridine rings is 1. The number of alkyl halides is 2. The molecule has 1 saturated heterocycles. The average molecular weight is 226 g/mol. The van der Waals surface area contributed by atoms with Crippen LogP contribution in [0, 0.1) is 0 Å². The molecule has 0 radical (unpaired) electrons. The van der Waals surface area contributed by atoms with E-state index in [4.69, 9.17) is 0 Å². The Morgan fingerprint density at radius 2 is 2.38 bits per heavy atom. The predicted molar refractivity (Wildman–Crippen MR) is 54.1 cm³/mol. The number of carbonyl (C=O) groups excluding carboxylic acids is 1. The highest BCUT2D eigenvalue weighted by Gasteiger charge is 2.39. The molecule has 0 N–H and O–H groups in total. The van der Waals surface area contributed by atoms with Crippen molar-refractivity contribution in [3.05, 3.63) is 30.1 Å². The summed E-state index contributed by atoms with van der Waals surface area (Å²) < 4.78 is 25.8. The van der Waals surface area contributed by atoms with E-state index in [2.05, 4.69) is 4.98 Å². The highest BCUT2D eigenvalue weighted by molar-refractivity contribution is 5.79. The molecular formula is C11H12F2N2O. The van der Waals surface area contributed by atoms with Crippen molar-refractivity contribution in [3.8, 4) is 0 Å². The standard InChI is InChI=1S/C11H12F2N2O/c12-11(13)3-5-15(8-11)10(16)6-9-2-1-4-14-7-9/h1-2,4,7H,3,5-6,8H2. The second-order valence-corrected chi connectivity index (χ2v) is 3.96. The van der Waals surface area contributed by atoms with Crippen LogP contribution in [0.25, 0.3) is 0 Å². The van der Waals surface area contributed by atoms with Gasteiger partial charge in [0.1, 0.15) is 0 Å². The van der Waals surface area contributed by atoms with Gasteiger partial charge in [-0.15, -0.1) is 0 Å². The summed E-state index contributed by atoms with van der Waals surface area (Å²) in [6, 6.07) is 3.49. The van der Waals surface area contributed by atoms with Crippen LogP contribution in [0.15, 0.2) is 24.5 Å². The smallest absolute Gasteiger partial charge is 0.267 e. The first-order chi connectivity index (χ1) is 7.57. The van der Waals surface area contributed by atoms with Crippen LogP contribution in [0.3, 0.4) is 0 Å². The lowest BCUT2D eigenvalue weighted by Gasteiger charge is -2.15. The van der Waals surface area contributed by atoms with E-state index < -0.39 is 12.5 Å². The van der Waals surface area contributed by atoms with E-state index in [-0.39, 0.29) is 25.3 Å². The second kappa shape index (κ2) is 4.15. The number of aromatic nitrogens is 1. The molecule has 2 rings (SSSR count). The van der Waals surface area contributed by atoms with E-state index in [0.717, 1.165) is 5.56 Å². The van der Waals surface area contributed by atoms with Crippen molar-refractivity contribution in [1.29, 1.82) is 0 Å². The molecule has 0 spiro atoms. The first kappa shape index (κ1) is 11.0. The summed E-state index contributed by atoms with van der Waals surface area (Å²) in [5.41, 5.74) is 0.753. The largest absolute Gasteiger partial charge is 0.336 e. The molecule has 0 atom stereocenters. The number of halogens is 2.